The number of amides is 1. The van der Waals surface area contributed by atoms with Gasteiger partial charge in [-0.2, -0.15) is 0 Å². The highest BCUT2D eigenvalue weighted by Crippen LogP contribution is 2.26. The van der Waals surface area contributed by atoms with Crippen LogP contribution >= 0.6 is 23.2 Å². The molecule has 0 radical (unpaired) electrons. The van der Waals surface area contributed by atoms with E-state index in [1.807, 2.05) is 18.2 Å². The summed E-state index contributed by atoms with van der Waals surface area (Å²) in [6.45, 7) is 2.69. The number of ether oxygens (including phenoxy) is 1. The van der Waals surface area contributed by atoms with Gasteiger partial charge in [-0.15, -0.1) is 0 Å². The highest BCUT2D eigenvalue weighted by Gasteiger charge is 2.24. The summed E-state index contributed by atoms with van der Waals surface area (Å²) in [5.74, 6) is 0.814. The number of rotatable bonds is 7. The number of carbonyl (C=O) groups is 1. The second kappa shape index (κ2) is 9.45. The van der Waals surface area contributed by atoms with Gasteiger partial charge < -0.3 is 10.1 Å². The van der Waals surface area contributed by atoms with Crippen molar-refractivity contribution in [3.63, 3.8) is 0 Å². The Kier molecular flexibility index (Phi) is 7.00. The van der Waals surface area contributed by atoms with E-state index in [0.29, 0.717) is 16.6 Å². The summed E-state index contributed by atoms with van der Waals surface area (Å²) < 4.78 is 5.25. The molecule has 144 valence electrons. The Hall–Kier alpha value is -1.75. The predicted octanol–water partition coefficient (Wildman–Crippen LogP) is 4.50. The Morgan fingerprint density at radius 2 is 1.81 bits per heavy atom. The van der Waals surface area contributed by atoms with Crippen LogP contribution in [0.4, 0.5) is 0 Å². The van der Waals surface area contributed by atoms with Gasteiger partial charge in [-0.25, -0.2) is 0 Å². The lowest BCUT2D eigenvalue weighted by molar-refractivity contribution is -0.120. The molecule has 1 heterocycles. The van der Waals surface area contributed by atoms with Crippen molar-refractivity contribution in [2.45, 2.75) is 25.3 Å². The van der Waals surface area contributed by atoms with E-state index >= 15 is 0 Å². The van der Waals surface area contributed by atoms with E-state index in [9.17, 15) is 4.79 Å². The van der Waals surface area contributed by atoms with Crippen molar-refractivity contribution in [3.05, 3.63) is 63.6 Å². The monoisotopic (exact) mass is 406 g/mol. The van der Waals surface area contributed by atoms with E-state index in [1.165, 1.54) is 18.4 Å². The van der Waals surface area contributed by atoms with Gasteiger partial charge in [0, 0.05) is 6.54 Å². The van der Waals surface area contributed by atoms with Crippen molar-refractivity contribution in [2.75, 3.05) is 26.7 Å². The molecule has 0 bridgehead atoms. The first-order valence-corrected chi connectivity index (χ1v) is 9.91. The molecule has 1 N–H and O–H groups in total. The van der Waals surface area contributed by atoms with Crippen LogP contribution in [0.3, 0.4) is 0 Å². The first kappa shape index (κ1) is 20.0. The minimum Gasteiger partial charge on any atom is -0.497 e. The van der Waals surface area contributed by atoms with Crippen LogP contribution in [0.1, 0.15) is 30.0 Å². The van der Waals surface area contributed by atoms with Crippen LogP contribution in [0.25, 0.3) is 0 Å². The van der Waals surface area contributed by atoms with Gasteiger partial charge in [-0.1, -0.05) is 41.4 Å². The third-order valence-corrected chi connectivity index (χ3v) is 5.66. The molecule has 0 aliphatic carbocycles. The Morgan fingerprint density at radius 3 is 2.44 bits per heavy atom. The molecule has 6 heteroatoms. The number of nitrogens with one attached hydrogen (secondary N) is 1. The van der Waals surface area contributed by atoms with Crippen LogP contribution in [0.2, 0.25) is 10.0 Å². The van der Waals surface area contributed by atoms with E-state index in [1.54, 1.807) is 19.2 Å². The van der Waals surface area contributed by atoms with Crippen LogP contribution in [0.5, 0.6) is 5.75 Å². The van der Waals surface area contributed by atoms with Crippen LogP contribution < -0.4 is 10.1 Å². The van der Waals surface area contributed by atoms with E-state index in [-0.39, 0.29) is 18.4 Å². The van der Waals surface area contributed by atoms with Gasteiger partial charge in [0.1, 0.15) is 5.75 Å². The average molecular weight is 407 g/mol. The zero-order valence-corrected chi connectivity index (χ0v) is 16.9. The maximum Gasteiger partial charge on any atom is 0.224 e. The molecule has 0 aromatic heterocycles. The third kappa shape index (κ3) is 5.38. The summed E-state index contributed by atoms with van der Waals surface area (Å²) in [6, 6.07) is 13.5. The number of hydrogen-bond acceptors (Lipinski definition) is 3. The molecule has 0 spiro atoms. The lowest BCUT2D eigenvalue weighted by Crippen LogP contribution is -2.37. The summed E-state index contributed by atoms with van der Waals surface area (Å²) in [6.07, 6.45) is 2.68. The fourth-order valence-corrected chi connectivity index (χ4v) is 3.77. The van der Waals surface area contributed by atoms with Crippen molar-refractivity contribution in [3.8, 4) is 5.75 Å². The van der Waals surface area contributed by atoms with Crippen LogP contribution in [0.15, 0.2) is 42.5 Å². The van der Waals surface area contributed by atoms with Crippen molar-refractivity contribution in [1.82, 2.24) is 10.2 Å². The zero-order valence-electron chi connectivity index (χ0n) is 15.4. The van der Waals surface area contributed by atoms with Crippen LogP contribution in [0, 0.1) is 0 Å². The van der Waals surface area contributed by atoms with Crippen LogP contribution in [-0.4, -0.2) is 37.6 Å². The number of carbonyl (C=O) groups excluding carboxylic acids is 1. The molecular formula is C21H24Cl2N2O2. The fraction of sp³-hybridized carbons (Fsp3) is 0.381. The summed E-state index contributed by atoms with van der Waals surface area (Å²) in [5, 5.41) is 4.04. The quantitative estimate of drug-likeness (QED) is 0.735. The summed E-state index contributed by atoms with van der Waals surface area (Å²) in [4.78, 5) is 14.9. The van der Waals surface area contributed by atoms with Crippen LogP contribution in [-0.2, 0) is 11.2 Å². The fourth-order valence-electron chi connectivity index (χ4n) is 3.45. The third-order valence-electron chi connectivity index (χ3n) is 4.92. The number of halogens is 2. The maximum atomic E-state index is 12.4. The molecule has 2 aromatic carbocycles. The lowest BCUT2D eigenvalue weighted by atomic mass is 10.0. The van der Waals surface area contributed by atoms with Crippen molar-refractivity contribution < 1.29 is 9.53 Å². The molecule has 1 saturated heterocycles. The van der Waals surface area contributed by atoms with Crippen molar-refractivity contribution >= 4 is 29.1 Å². The second-order valence-corrected chi connectivity index (χ2v) is 7.58. The van der Waals surface area contributed by atoms with Gasteiger partial charge in [0.25, 0.3) is 0 Å². The molecule has 1 fully saturated rings. The topological polar surface area (TPSA) is 41.6 Å². The molecule has 1 aliphatic heterocycles. The SMILES string of the molecule is COc1ccc([C@@H](CNC(=O)Cc2ccc(Cl)c(Cl)c2)N2CCCC2)cc1. The molecular weight excluding hydrogens is 383 g/mol. The van der Waals surface area contributed by atoms with Crippen molar-refractivity contribution in [2.24, 2.45) is 0 Å². The highest BCUT2D eigenvalue weighted by atomic mass is 35.5. The van der Waals surface area contributed by atoms with Crippen molar-refractivity contribution in [1.29, 1.82) is 0 Å². The van der Waals surface area contributed by atoms with Gasteiger partial charge in [0.2, 0.25) is 5.91 Å². The number of benzene rings is 2. The molecule has 27 heavy (non-hydrogen) atoms. The Morgan fingerprint density at radius 1 is 1.11 bits per heavy atom. The highest BCUT2D eigenvalue weighted by molar-refractivity contribution is 6.42. The zero-order chi connectivity index (χ0) is 19.2. The Labute approximate surface area is 170 Å². The molecule has 1 amide bonds. The second-order valence-electron chi connectivity index (χ2n) is 6.76. The summed E-state index contributed by atoms with van der Waals surface area (Å²) >= 11 is 12.0. The van der Waals surface area contributed by atoms with E-state index < -0.39 is 0 Å². The standard InChI is InChI=1S/C21H24Cl2N2O2/c1-27-17-7-5-16(6-8-17)20(25-10-2-3-11-25)14-24-21(26)13-15-4-9-18(22)19(23)12-15/h4-9,12,20H,2-3,10-11,13-14H2,1H3,(H,24,26)/t20-/m1/s1. The van der Waals surface area contributed by atoms with Gasteiger partial charge in [0.15, 0.2) is 0 Å². The molecule has 1 atom stereocenters. The molecule has 0 saturated carbocycles. The van der Waals surface area contributed by atoms with Gasteiger partial charge in [-0.05, 0) is 61.3 Å². The van der Waals surface area contributed by atoms with E-state index in [0.717, 1.165) is 24.4 Å². The maximum absolute atomic E-state index is 12.4. The largest absolute Gasteiger partial charge is 0.497 e. The Bertz CT molecular complexity index is 774. The molecule has 0 unspecified atom stereocenters. The number of hydrogen-bond donors (Lipinski definition) is 1. The van der Waals surface area contributed by atoms with Gasteiger partial charge in [0.05, 0.1) is 29.6 Å². The summed E-state index contributed by atoms with van der Waals surface area (Å²) in [7, 11) is 1.66. The minimum atomic E-state index is -0.0221. The first-order valence-electron chi connectivity index (χ1n) is 9.15. The Balaban J connectivity index is 1.64. The predicted molar refractivity (Wildman–Crippen MR) is 110 cm³/mol. The van der Waals surface area contributed by atoms with E-state index in [2.05, 4.69) is 22.3 Å². The number of nitrogens with zero attached hydrogens (tertiary/aromatic N) is 1. The number of likely N-dealkylation sites (tertiary alicyclic amines) is 1. The normalized spacial score (nSPS) is 15.5. The molecule has 4 nitrogen and oxygen atoms in total. The lowest BCUT2D eigenvalue weighted by Gasteiger charge is -2.28. The first-order chi connectivity index (χ1) is 13.1. The smallest absolute Gasteiger partial charge is 0.224 e. The minimum absolute atomic E-state index is 0.0221. The van der Waals surface area contributed by atoms with E-state index in [4.69, 9.17) is 27.9 Å². The van der Waals surface area contributed by atoms with Gasteiger partial charge >= 0.3 is 0 Å². The van der Waals surface area contributed by atoms with Gasteiger partial charge in [-0.3, -0.25) is 9.69 Å². The molecule has 3 rings (SSSR count). The molecule has 2 aromatic rings. The number of methoxy groups -OCH3 is 1. The average Bonchev–Trinajstić information content (AvgIpc) is 3.20. The summed E-state index contributed by atoms with van der Waals surface area (Å²) in [5.41, 5.74) is 2.04. The molecule has 1 aliphatic rings.